The molecule has 18 heavy (non-hydrogen) atoms. The first kappa shape index (κ1) is 17.7. The second kappa shape index (κ2) is 9.62. The zero-order chi connectivity index (χ0) is 12.7. The molecule has 0 radical (unpaired) electrons. The summed E-state index contributed by atoms with van der Waals surface area (Å²) in [6, 6.07) is 0. The third kappa shape index (κ3) is 6.05. The topological polar surface area (TPSA) is 32.3 Å². The lowest BCUT2D eigenvalue weighted by Gasteiger charge is -2.32. The number of likely N-dealkylation sites (tertiary alicyclic amines) is 1. The van der Waals surface area contributed by atoms with Crippen LogP contribution in [0.5, 0.6) is 0 Å². The summed E-state index contributed by atoms with van der Waals surface area (Å²) in [5.74, 6) is 1.67. The van der Waals surface area contributed by atoms with Gasteiger partial charge in [0.25, 0.3) is 0 Å². The molecule has 4 heteroatoms. The van der Waals surface area contributed by atoms with E-state index in [-0.39, 0.29) is 12.4 Å². The smallest absolute Gasteiger partial charge is 0.222 e. The van der Waals surface area contributed by atoms with Gasteiger partial charge in [0.1, 0.15) is 0 Å². The van der Waals surface area contributed by atoms with Gasteiger partial charge in [0.2, 0.25) is 5.91 Å². The Morgan fingerprint density at radius 1 is 1.39 bits per heavy atom. The standard InChI is InChI=1S/C14H28N2O.ClH/c1-4-5-12(2)10-14(17)16-8-6-13(7-9-16)11-15-3;/h12-13,15H,4-11H2,1-3H3;1H. The molecule has 0 aromatic carbocycles. The highest BCUT2D eigenvalue weighted by atomic mass is 35.5. The van der Waals surface area contributed by atoms with Gasteiger partial charge in [-0.1, -0.05) is 26.7 Å². The van der Waals surface area contributed by atoms with Crippen molar-refractivity contribution in [3.63, 3.8) is 0 Å². The van der Waals surface area contributed by atoms with Gasteiger partial charge in [-0.05, 0) is 38.3 Å². The normalized spacial score (nSPS) is 18.3. The van der Waals surface area contributed by atoms with Crippen molar-refractivity contribution >= 4 is 18.3 Å². The molecule has 1 unspecified atom stereocenters. The van der Waals surface area contributed by atoms with Gasteiger partial charge in [-0.3, -0.25) is 4.79 Å². The highest BCUT2D eigenvalue weighted by molar-refractivity contribution is 5.85. The van der Waals surface area contributed by atoms with Crippen LogP contribution in [-0.4, -0.2) is 37.5 Å². The minimum Gasteiger partial charge on any atom is -0.343 e. The molecular weight excluding hydrogens is 248 g/mol. The van der Waals surface area contributed by atoms with Crippen LogP contribution in [0.25, 0.3) is 0 Å². The number of halogens is 1. The fraction of sp³-hybridized carbons (Fsp3) is 0.929. The Kier molecular flexibility index (Phi) is 9.47. The lowest BCUT2D eigenvalue weighted by atomic mass is 9.95. The maximum absolute atomic E-state index is 12.1. The number of amides is 1. The molecule has 108 valence electrons. The molecule has 0 saturated carbocycles. The van der Waals surface area contributed by atoms with Crippen LogP contribution in [0.3, 0.4) is 0 Å². The predicted molar refractivity (Wildman–Crippen MR) is 79.2 cm³/mol. The number of hydrogen-bond donors (Lipinski definition) is 1. The fourth-order valence-corrected chi connectivity index (χ4v) is 2.70. The third-order valence-corrected chi connectivity index (χ3v) is 3.76. The Morgan fingerprint density at radius 3 is 2.50 bits per heavy atom. The van der Waals surface area contributed by atoms with Gasteiger partial charge in [0.05, 0.1) is 0 Å². The van der Waals surface area contributed by atoms with Crippen LogP contribution in [0.15, 0.2) is 0 Å². The number of nitrogens with zero attached hydrogens (tertiary/aromatic N) is 1. The van der Waals surface area contributed by atoms with E-state index in [9.17, 15) is 4.79 Å². The average Bonchev–Trinajstić information content (AvgIpc) is 2.30. The van der Waals surface area contributed by atoms with Gasteiger partial charge in [-0.25, -0.2) is 0 Å². The molecule has 0 spiro atoms. The maximum Gasteiger partial charge on any atom is 0.222 e. The fourth-order valence-electron chi connectivity index (χ4n) is 2.70. The molecule has 0 aliphatic carbocycles. The highest BCUT2D eigenvalue weighted by Crippen LogP contribution is 2.19. The van der Waals surface area contributed by atoms with Crippen LogP contribution < -0.4 is 5.32 Å². The molecule has 0 aromatic rings. The summed E-state index contributed by atoms with van der Waals surface area (Å²) in [6.07, 6.45) is 5.41. The molecule has 1 N–H and O–H groups in total. The summed E-state index contributed by atoms with van der Waals surface area (Å²) < 4.78 is 0. The molecule has 1 rings (SSSR count). The molecule has 0 aromatic heterocycles. The van der Waals surface area contributed by atoms with Crippen molar-refractivity contribution in [3.8, 4) is 0 Å². The van der Waals surface area contributed by atoms with Gasteiger partial charge in [0.15, 0.2) is 0 Å². The van der Waals surface area contributed by atoms with Crippen LogP contribution in [-0.2, 0) is 4.79 Å². The molecule has 0 bridgehead atoms. The molecule has 1 fully saturated rings. The monoisotopic (exact) mass is 276 g/mol. The predicted octanol–water partition coefficient (Wildman–Crippen LogP) is 2.69. The van der Waals surface area contributed by atoms with E-state index in [2.05, 4.69) is 24.1 Å². The first-order chi connectivity index (χ1) is 8.17. The molecule has 1 aliphatic heterocycles. The number of piperidine rings is 1. The summed E-state index contributed by atoms with van der Waals surface area (Å²) in [4.78, 5) is 14.1. The molecular formula is C14H29ClN2O. The Hall–Kier alpha value is -0.280. The Bertz CT molecular complexity index is 228. The molecule has 1 atom stereocenters. The number of rotatable bonds is 6. The summed E-state index contributed by atoms with van der Waals surface area (Å²) in [5.41, 5.74) is 0. The molecule has 1 amide bonds. The van der Waals surface area contributed by atoms with Crippen LogP contribution in [0.4, 0.5) is 0 Å². The van der Waals surface area contributed by atoms with Crippen molar-refractivity contribution in [1.29, 1.82) is 0 Å². The van der Waals surface area contributed by atoms with Crippen molar-refractivity contribution < 1.29 is 4.79 Å². The first-order valence-electron chi connectivity index (χ1n) is 7.09. The third-order valence-electron chi connectivity index (χ3n) is 3.76. The molecule has 1 saturated heterocycles. The lowest BCUT2D eigenvalue weighted by molar-refractivity contribution is -0.133. The van der Waals surface area contributed by atoms with E-state index >= 15 is 0 Å². The van der Waals surface area contributed by atoms with Crippen molar-refractivity contribution in [2.75, 3.05) is 26.7 Å². The van der Waals surface area contributed by atoms with Crippen molar-refractivity contribution in [3.05, 3.63) is 0 Å². The second-order valence-electron chi connectivity index (χ2n) is 5.48. The summed E-state index contributed by atoms with van der Waals surface area (Å²) in [6.45, 7) is 7.39. The van der Waals surface area contributed by atoms with Crippen molar-refractivity contribution in [1.82, 2.24) is 10.2 Å². The molecule has 3 nitrogen and oxygen atoms in total. The van der Waals surface area contributed by atoms with Crippen LogP contribution in [0.1, 0.15) is 46.0 Å². The van der Waals surface area contributed by atoms with Crippen molar-refractivity contribution in [2.45, 2.75) is 46.0 Å². The molecule has 1 heterocycles. The summed E-state index contributed by atoms with van der Waals surface area (Å²) in [5, 5.41) is 3.23. The summed E-state index contributed by atoms with van der Waals surface area (Å²) in [7, 11) is 2.00. The van der Waals surface area contributed by atoms with Crippen molar-refractivity contribution in [2.24, 2.45) is 11.8 Å². The van der Waals surface area contributed by atoms with Crippen LogP contribution in [0, 0.1) is 11.8 Å². The zero-order valence-corrected chi connectivity index (χ0v) is 12.9. The van der Waals surface area contributed by atoms with Crippen LogP contribution in [0.2, 0.25) is 0 Å². The van der Waals surface area contributed by atoms with Crippen LogP contribution >= 0.6 is 12.4 Å². The lowest BCUT2D eigenvalue weighted by Crippen LogP contribution is -2.40. The largest absolute Gasteiger partial charge is 0.343 e. The number of carbonyl (C=O) groups is 1. The average molecular weight is 277 g/mol. The number of nitrogens with one attached hydrogen (secondary N) is 1. The van der Waals surface area contributed by atoms with Gasteiger partial charge < -0.3 is 10.2 Å². The Labute approximate surface area is 118 Å². The van der Waals surface area contributed by atoms with E-state index in [1.165, 1.54) is 12.8 Å². The van der Waals surface area contributed by atoms with Gasteiger partial charge in [-0.2, -0.15) is 0 Å². The zero-order valence-electron chi connectivity index (χ0n) is 12.1. The molecule has 1 aliphatic rings. The SMILES string of the molecule is CCCC(C)CC(=O)N1CCC(CNC)CC1.Cl. The quantitative estimate of drug-likeness (QED) is 0.809. The Balaban J connectivity index is 0.00000289. The van der Waals surface area contributed by atoms with Gasteiger partial charge >= 0.3 is 0 Å². The summed E-state index contributed by atoms with van der Waals surface area (Å²) >= 11 is 0. The maximum atomic E-state index is 12.1. The van der Waals surface area contributed by atoms with E-state index in [1.807, 2.05) is 7.05 Å². The minimum atomic E-state index is 0. The first-order valence-corrected chi connectivity index (χ1v) is 7.09. The number of hydrogen-bond acceptors (Lipinski definition) is 2. The minimum absolute atomic E-state index is 0. The Morgan fingerprint density at radius 2 is 2.00 bits per heavy atom. The second-order valence-corrected chi connectivity index (χ2v) is 5.48. The van der Waals surface area contributed by atoms with E-state index in [1.54, 1.807) is 0 Å². The van der Waals surface area contributed by atoms with E-state index < -0.39 is 0 Å². The van der Waals surface area contributed by atoms with E-state index in [4.69, 9.17) is 0 Å². The number of carbonyl (C=O) groups excluding carboxylic acids is 1. The highest BCUT2D eigenvalue weighted by Gasteiger charge is 2.22. The van der Waals surface area contributed by atoms with Gasteiger partial charge in [-0.15, -0.1) is 12.4 Å². The van der Waals surface area contributed by atoms with Gasteiger partial charge in [0, 0.05) is 19.5 Å². The van der Waals surface area contributed by atoms with E-state index in [0.717, 1.165) is 44.8 Å². The van der Waals surface area contributed by atoms with E-state index in [0.29, 0.717) is 11.8 Å².